The van der Waals surface area contributed by atoms with Gasteiger partial charge in [0, 0.05) is 15.8 Å². The Bertz CT molecular complexity index is 353. The molecule has 1 aromatic rings. The highest BCUT2D eigenvalue weighted by atomic mass is 79.9. The number of hydrogen-bond donors (Lipinski definition) is 0. The molecule has 0 aromatic heterocycles. The second-order valence-electron chi connectivity index (χ2n) is 4.10. The van der Waals surface area contributed by atoms with E-state index in [1.807, 2.05) is 13.0 Å². The number of ether oxygens (including phenoxy) is 1. The fourth-order valence-corrected chi connectivity index (χ4v) is 2.54. The van der Waals surface area contributed by atoms with Crippen molar-refractivity contribution in [1.82, 2.24) is 0 Å². The predicted molar refractivity (Wildman–Crippen MR) is 66.9 cm³/mol. The topological polar surface area (TPSA) is 9.23 Å². The minimum Gasteiger partial charge on any atom is -0.380 e. The molecule has 15 heavy (non-hydrogen) atoms. The quantitative estimate of drug-likeness (QED) is 0.756. The third-order valence-corrected chi connectivity index (χ3v) is 4.28. The van der Waals surface area contributed by atoms with Crippen LogP contribution < -0.4 is 0 Å². The van der Waals surface area contributed by atoms with E-state index in [0.29, 0.717) is 10.7 Å². The maximum absolute atomic E-state index is 5.99. The number of rotatable bonds is 2. The Labute approximate surface area is 104 Å². The SMILES string of the molecule is Cc1cc(CC2COCC2Br)ccc1Cl. The lowest BCUT2D eigenvalue weighted by molar-refractivity contribution is 0.186. The van der Waals surface area contributed by atoms with Gasteiger partial charge in [0.05, 0.1) is 13.2 Å². The van der Waals surface area contributed by atoms with E-state index >= 15 is 0 Å². The molecule has 1 fully saturated rings. The molecule has 0 N–H and O–H groups in total. The predicted octanol–water partition coefficient (Wildman–Crippen LogP) is 3.60. The maximum Gasteiger partial charge on any atom is 0.0595 e. The van der Waals surface area contributed by atoms with Gasteiger partial charge < -0.3 is 4.74 Å². The number of halogens is 2. The lowest BCUT2D eigenvalue weighted by atomic mass is 9.98. The molecule has 1 aliphatic heterocycles. The van der Waals surface area contributed by atoms with Crippen LogP contribution in [0, 0.1) is 12.8 Å². The molecule has 1 aliphatic rings. The lowest BCUT2D eigenvalue weighted by Gasteiger charge is -2.12. The van der Waals surface area contributed by atoms with Crippen molar-refractivity contribution in [3.8, 4) is 0 Å². The third kappa shape index (κ3) is 2.74. The Morgan fingerprint density at radius 1 is 1.47 bits per heavy atom. The first kappa shape index (κ1) is 11.4. The van der Waals surface area contributed by atoms with Crippen LogP contribution in [0.4, 0.5) is 0 Å². The number of benzene rings is 1. The first-order chi connectivity index (χ1) is 7.16. The summed E-state index contributed by atoms with van der Waals surface area (Å²) in [6.07, 6.45) is 1.06. The van der Waals surface area contributed by atoms with Crippen molar-refractivity contribution in [2.45, 2.75) is 18.2 Å². The van der Waals surface area contributed by atoms with Crippen LogP contribution in [0.25, 0.3) is 0 Å². The van der Waals surface area contributed by atoms with Crippen LogP contribution in [0.3, 0.4) is 0 Å². The summed E-state index contributed by atoms with van der Waals surface area (Å²) in [7, 11) is 0. The summed E-state index contributed by atoms with van der Waals surface area (Å²) in [6, 6.07) is 6.25. The molecular formula is C12H14BrClO. The first-order valence-electron chi connectivity index (χ1n) is 5.13. The molecule has 1 saturated heterocycles. The summed E-state index contributed by atoms with van der Waals surface area (Å²) in [4.78, 5) is 0.494. The van der Waals surface area contributed by atoms with E-state index in [1.165, 1.54) is 5.56 Å². The highest BCUT2D eigenvalue weighted by molar-refractivity contribution is 9.09. The highest BCUT2D eigenvalue weighted by Crippen LogP contribution is 2.26. The molecule has 1 heterocycles. The summed E-state index contributed by atoms with van der Waals surface area (Å²) in [6.45, 7) is 3.73. The van der Waals surface area contributed by atoms with Crippen molar-refractivity contribution in [2.24, 2.45) is 5.92 Å². The van der Waals surface area contributed by atoms with Gasteiger partial charge in [0.1, 0.15) is 0 Å². The molecule has 2 rings (SSSR count). The zero-order valence-corrected chi connectivity index (χ0v) is 11.0. The smallest absolute Gasteiger partial charge is 0.0595 e. The molecule has 1 nitrogen and oxygen atoms in total. The highest BCUT2D eigenvalue weighted by Gasteiger charge is 2.25. The Hall–Kier alpha value is -0.0500. The van der Waals surface area contributed by atoms with Gasteiger partial charge in [-0.15, -0.1) is 0 Å². The van der Waals surface area contributed by atoms with E-state index in [9.17, 15) is 0 Å². The molecule has 0 saturated carbocycles. The molecule has 0 radical (unpaired) electrons. The summed E-state index contributed by atoms with van der Waals surface area (Å²) in [5.74, 6) is 0.588. The Morgan fingerprint density at radius 3 is 2.87 bits per heavy atom. The van der Waals surface area contributed by atoms with Crippen molar-refractivity contribution in [1.29, 1.82) is 0 Å². The van der Waals surface area contributed by atoms with Gasteiger partial charge in [0.2, 0.25) is 0 Å². The van der Waals surface area contributed by atoms with E-state index in [2.05, 4.69) is 28.1 Å². The molecule has 2 atom stereocenters. The Morgan fingerprint density at radius 2 is 2.27 bits per heavy atom. The van der Waals surface area contributed by atoms with Crippen LogP contribution in [0.1, 0.15) is 11.1 Å². The fourth-order valence-electron chi connectivity index (χ4n) is 1.90. The van der Waals surface area contributed by atoms with Crippen molar-refractivity contribution >= 4 is 27.5 Å². The molecule has 0 bridgehead atoms. The van der Waals surface area contributed by atoms with Gasteiger partial charge >= 0.3 is 0 Å². The summed E-state index contributed by atoms with van der Waals surface area (Å²) >= 11 is 9.64. The van der Waals surface area contributed by atoms with Gasteiger partial charge in [-0.2, -0.15) is 0 Å². The largest absolute Gasteiger partial charge is 0.380 e. The lowest BCUT2D eigenvalue weighted by Crippen LogP contribution is -2.14. The maximum atomic E-state index is 5.99. The van der Waals surface area contributed by atoms with E-state index in [1.54, 1.807) is 0 Å². The first-order valence-corrected chi connectivity index (χ1v) is 6.43. The standard InChI is InChI=1S/C12H14BrClO/c1-8-4-9(2-3-12(8)14)5-10-6-15-7-11(10)13/h2-4,10-11H,5-7H2,1H3. The van der Waals surface area contributed by atoms with Crippen molar-refractivity contribution in [3.05, 3.63) is 34.3 Å². The Kier molecular flexibility index (Phi) is 3.70. The number of aryl methyl sites for hydroxylation is 1. The zero-order chi connectivity index (χ0) is 10.8. The van der Waals surface area contributed by atoms with E-state index in [0.717, 1.165) is 30.2 Å². The van der Waals surface area contributed by atoms with Crippen LogP contribution in [-0.2, 0) is 11.2 Å². The van der Waals surface area contributed by atoms with Crippen LogP contribution in [-0.4, -0.2) is 18.0 Å². The minimum absolute atomic E-state index is 0.494. The second kappa shape index (κ2) is 4.86. The van der Waals surface area contributed by atoms with Crippen molar-refractivity contribution < 1.29 is 4.74 Å². The summed E-state index contributed by atoms with van der Waals surface area (Å²) in [5, 5.41) is 0.844. The Balaban J connectivity index is 2.07. The van der Waals surface area contributed by atoms with Crippen LogP contribution in [0.15, 0.2) is 18.2 Å². The third-order valence-electron chi connectivity index (χ3n) is 2.84. The molecule has 3 heteroatoms. The molecule has 82 valence electrons. The average Bonchev–Trinajstić information content (AvgIpc) is 2.59. The number of hydrogen-bond acceptors (Lipinski definition) is 1. The zero-order valence-electron chi connectivity index (χ0n) is 8.67. The average molecular weight is 290 g/mol. The van der Waals surface area contributed by atoms with E-state index in [-0.39, 0.29) is 0 Å². The van der Waals surface area contributed by atoms with E-state index in [4.69, 9.17) is 16.3 Å². The van der Waals surface area contributed by atoms with Crippen LogP contribution >= 0.6 is 27.5 Å². The molecule has 0 spiro atoms. The van der Waals surface area contributed by atoms with Crippen LogP contribution in [0.2, 0.25) is 5.02 Å². The number of alkyl halides is 1. The minimum atomic E-state index is 0.494. The van der Waals surface area contributed by atoms with E-state index < -0.39 is 0 Å². The summed E-state index contributed by atoms with van der Waals surface area (Å²) < 4.78 is 5.42. The van der Waals surface area contributed by atoms with Gasteiger partial charge in [0.25, 0.3) is 0 Å². The fraction of sp³-hybridized carbons (Fsp3) is 0.500. The van der Waals surface area contributed by atoms with Crippen molar-refractivity contribution in [3.63, 3.8) is 0 Å². The molecule has 1 aromatic carbocycles. The van der Waals surface area contributed by atoms with Gasteiger partial charge in [-0.1, -0.05) is 39.7 Å². The van der Waals surface area contributed by atoms with Gasteiger partial charge in [-0.25, -0.2) is 0 Å². The molecular weight excluding hydrogens is 275 g/mol. The van der Waals surface area contributed by atoms with Crippen LogP contribution in [0.5, 0.6) is 0 Å². The van der Waals surface area contributed by atoms with Crippen molar-refractivity contribution in [2.75, 3.05) is 13.2 Å². The summed E-state index contributed by atoms with van der Waals surface area (Å²) in [5.41, 5.74) is 2.50. The van der Waals surface area contributed by atoms with Gasteiger partial charge in [-0.05, 0) is 30.5 Å². The molecule has 0 amide bonds. The normalized spacial score (nSPS) is 25.8. The van der Waals surface area contributed by atoms with Gasteiger partial charge in [0.15, 0.2) is 0 Å². The monoisotopic (exact) mass is 288 g/mol. The second-order valence-corrected chi connectivity index (χ2v) is 5.68. The molecule has 0 aliphatic carbocycles. The van der Waals surface area contributed by atoms with Gasteiger partial charge in [-0.3, -0.25) is 0 Å². The molecule has 2 unspecified atom stereocenters.